The first kappa shape index (κ1) is 10.0. The highest BCUT2D eigenvalue weighted by Crippen LogP contribution is 2.13. The van der Waals surface area contributed by atoms with Crippen LogP contribution in [-0.2, 0) is 5.33 Å². The van der Waals surface area contributed by atoms with Crippen molar-refractivity contribution in [3.63, 3.8) is 0 Å². The summed E-state index contributed by atoms with van der Waals surface area (Å²) in [5.74, 6) is 0. The molecule has 0 aliphatic carbocycles. The molecule has 0 heterocycles. The van der Waals surface area contributed by atoms with E-state index in [9.17, 15) is 0 Å². The molecule has 0 N–H and O–H groups in total. The first-order chi connectivity index (χ1) is 6.38. The van der Waals surface area contributed by atoms with Crippen LogP contribution in [0.1, 0.15) is 17.5 Å². The molecule has 0 aromatic heterocycles. The van der Waals surface area contributed by atoms with E-state index in [-0.39, 0.29) is 0 Å². The number of rotatable bonds is 3. The third-order valence-electron chi connectivity index (χ3n) is 1.71. The SMILES string of the molecule is N#CCC=Cc1ccccc1CBr. The average molecular weight is 236 g/mol. The molecular weight excluding hydrogens is 226 g/mol. The lowest BCUT2D eigenvalue weighted by molar-refractivity contribution is 1.35. The third-order valence-corrected chi connectivity index (χ3v) is 2.31. The third kappa shape index (κ3) is 3.04. The molecule has 1 aromatic carbocycles. The fraction of sp³-hybridized carbons (Fsp3) is 0.182. The zero-order valence-electron chi connectivity index (χ0n) is 7.20. The van der Waals surface area contributed by atoms with Crippen molar-refractivity contribution in [2.24, 2.45) is 0 Å². The van der Waals surface area contributed by atoms with Crippen LogP contribution in [0.4, 0.5) is 0 Å². The van der Waals surface area contributed by atoms with Crippen molar-refractivity contribution >= 4 is 22.0 Å². The van der Waals surface area contributed by atoms with Gasteiger partial charge in [-0.15, -0.1) is 0 Å². The van der Waals surface area contributed by atoms with Gasteiger partial charge in [-0.1, -0.05) is 52.3 Å². The van der Waals surface area contributed by atoms with Crippen LogP contribution >= 0.6 is 15.9 Å². The number of nitriles is 1. The van der Waals surface area contributed by atoms with E-state index in [1.807, 2.05) is 30.4 Å². The molecule has 1 rings (SSSR count). The number of benzene rings is 1. The van der Waals surface area contributed by atoms with Crippen molar-refractivity contribution < 1.29 is 0 Å². The zero-order valence-corrected chi connectivity index (χ0v) is 8.79. The van der Waals surface area contributed by atoms with Gasteiger partial charge in [0.25, 0.3) is 0 Å². The average Bonchev–Trinajstić information content (AvgIpc) is 2.19. The molecule has 1 aromatic rings. The highest BCUT2D eigenvalue weighted by Gasteiger charge is 1.94. The quantitative estimate of drug-likeness (QED) is 0.736. The van der Waals surface area contributed by atoms with Gasteiger partial charge >= 0.3 is 0 Å². The first-order valence-corrected chi connectivity index (χ1v) is 5.18. The summed E-state index contributed by atoms with van der Waals surface area (Å²) in [5.41, 5.74) is 2.42. The Morgan fingerprint density at radius 2 is 2.15 bits per heavy atom. The van der Waals surface area contributed by atoms with Crippen LogP contribution in [-0.4, -0.2) is 0 Å². The van der Waals surface area contributed by atoms with E-state index < -0.39 is 0 Å². The van der Waals surface area contributed by atoms with Crippen LogP contribution < -0.4 is 0 Å². The van der Waals surface area contributed by atoms with Crippen molar-refractivity contribution in [3.8, 4) is 6.07 Å². The van der Waals surface area contributed by atoms with Crippen molar-refractivity contribution in [1.82, 2.24) is 0 Å². The van der Waals surface area contributed by atoms with Crippen LogP contribution in [0.25, 0.3) is 6.08 Å². The Bertz CT molecular complexity index is 336. The molecule has 0 aliphatic rings. The lowest BCUT2D eigenvalue weighted by Crippen LogP contribution is -1.82. The van der Waals surface area contributed by atoms with Gasteiger partial charge in [0.2, 0.25) is 0 Å². The number of hydrogen-bond donors (Lipinski definition) is 0. The van der Waals surface area contributed by atoms with E-state index in [1.165, 1.54) is 11.1 Å². The van der Waals surface area contributed by atoms with Gasteiger partial charge in [-0.05, 0) is 11.1 Å². The molecule has 0 aliphatic heterocycles. The van der Waals surface area contributed by atoms with Crippen LogP contribution in [0.3, 0.4) is 0 Å². The van der Waals surface area contributed by atoms with Gasteiger partial charge in [-0.2, -0.15) is 5.26 Å². The molecule has 1 nitrogen and oxygen atoms in total. The fourth-order valence-electron chi connectivity index (χ4n) is 1.06. The fourth-order valence-corrected chi connectivity index (χ4v) is 1.57. The van der Waals surface area contributed by atoms with Crippen molar-refractivity contribution in [2.75, 3.05) is 0 Å². The minimum absolute atomic E-state index is 0.469. The van der Waals surface area contributed by atoms with Crippen LogP contribution in [0, 0.1) is 11.3 Å². The van der Waals surface area contributed by atoms with E-state index in [4.69, 9.17) is 5.26 Å². The molecule has 0 radical (unpaired) electrons. The molecule has 66 valence electrons. The number of alkyl halides is 1. The highest BCUT2D eigenvalue weighted by atomic mass is 79.9. The second-order valence-corrected chi connectivity index (χ2v) is 3.16. The summed E-state index contributed by atoms with van der Waals surface area (Å²) < 4.78 is 0. The molecule has 0 saturated heterocycles. The standard InChI is InChI=1S/C11H10BrN/c12-9-11-7-2-1-5-10(11)6-3-4-8-13/h1-3,5-7H,4,9H2. The lowest BCUT2D eigenvalue weighted by Gasteiger charge is -1.99. The molecule has 0 spiro atoms. The molecule has 0 saturated carbocycles. The normalized spacial score (nSPS) is 10.2. The topological polar surface area (TPSA) is 23.8 Å². The van der Waals surface area contributed by atoms with E-state index in [0.29, 0.717) is 6.42 Å². The second-order valence-electron chi connectivity index (χ2n) is 2.60. The Balaban J connectivity index is 2.82. The Kier molecular flexibility index (Phi) is 4.28. The molecule has 0 amide bonds. The Hall–Kier alpha value is -1.07. The maximum atomic E-state index is 8.36. The smallest absolute Gasteiger partial charge is 0.0663 e. The maximum Gasteiger partial charge on any atom is 0.0663 e. The number of allylic oxidation sites excluding steroid dienone is 1. The molecule has 13 heavy (non-hydrogen) atoms. The predicted molar refractivity (Wildman–Crippen MR) is 58.3 cm³/mol. The molecule has 0 bridgehead atoms. The number of halogens is 1. The molecule has 0 fully saturated rings. The summed E-state index contributed by atoms with van der Waals surface area (Å²) in [6.45, 7) is 0. The van der Waals surface area contributed by atoms with Gasteiger partial charge in [0.15, 0.2) is 0 Å². The summed E-state index contributed by atoms with van der Waals surface area (Å²) in [7, 11) is 0. The van der Waals surface area contributed by atoms with Gasteiger partial charge in [0, 0.05) is 5.33 Å². The van der Waals surface area contributed by atoms with Gasteiger partial charge in [0.05, 0.1) is 12.5 Å². The number of nitrogens with zero attached hydrogens (tertiary/aromatic N) is 1. The van der Waals surface area contributed by atoms with Gasteiger partial charge in [-0.25, -0.2) is 0 Å². The van der Waals surface area contributed by atoms with Gasteiger partial charge < -0.3 is 0 Å². The minimum atomic E-state index is 0.469. The van der Waals surface area contributed by atoms with Gasteiger partial charge in [0.1, 0.15) is 0 Å². The lowest BCUT2D eigenvalue weighted by atomic mass is 10.1. The van der Waals surface area contributed by atoms with E-state index >= 15 is 0 Å². The largest absolute Gasteiger partial charge is 0.198 e. The zero-order chi connectivity index (χ0) is 9.52. The molecule has 0 atom stereocenters. The molecular formula is C11H10BrN. The van der Waals surface area contributed by atoms with Crippen molar-refractivity contribution in [1.29, 1.82) is 5.26 Å². The van der Waals surface area contributed by atoms with Crippen molar-refractivity contribution in [2.45, 2.75) is 11.8 Å². The first-order valence-electron chi connectivity index (χ1n) is 4.06. The Morgan fingerprint density at radius 3 is 2.85 bits per heavy atom. The van der Waals surface area contributed by atoms with E-state index in [0.717, 1.165) is 5.33 Å². The summed E-state index contributed by atoms with van der Waals surface area (Å²) >= 11 is 3.42. The van der Waals surface area contributed by atoms with E-state index in [1.54, 1.807) is 0 Å². The summed E-state index contributed by atoms with van der Waals surface area (Å²) in [4.78, 5) is 0. The summed E-state index contributed by atoms with van der Waals surface area (Å²) in [5, 5.41) is 9.21. The predicted octanol–water partition coefficient (Wildman–Crippen LogP) is 3.51. The van der Waals surface area contributed by atoms with Crippen LogP contribution in [0.2, 0.25) is 0 Å². The highest BCUT2D eigenvalue weighted by molar-refractivity contribution is 9.08. The van der Waals surface area contributed by atoms with Crippen LogP contribution in [0.15, 0.2) is 30.3 Å². The van der Waals surface area contributed by atoms with Gasteiger partial charge in [-0.3, -0.25) is 0 Å². The minimum Gasteiger partial charge on any atom is -0.198 e. The monoisotopic (exact) mass is 235 g/mol. The number of hydrogen-bond acceptors (Lipinski definition) is 1. The molecule has 2 heteroatoms. The second kappa shape index (κ2) is 5.55. The van der Waals surface area contributed by atoms with Crippen molar-refractivity contribution in [3.05, 3.63) is 41.5 Å². The summed E-state index contributed by atoms with van der Waals surface area (Å²) in [6, 6.07) is 10.2. The Labute approximate surface area is 86.8 Å². The summed E-state index contributed by atoms with van der Waals surface area (Å²) in [6.07, 6.45) is 4.33. The van der Waals surface area contributed by atoms with E-state index in [2.05, 4.69) is 28.1 Å². The molecule has 0 unspecified atom stereocenters. The van der Waals surface area contributed by atoms with Crippen LogP contribution in [0.5, 0.6) is 0 Å². The maximum absolute atomic E-state index is 8.36. The Morgan fingerprint density at radius 1 is 1.38 bits per heavy atom.